The third-order valence-corrected chi connectivity index (χ3v) is 2.83. The maximum absolute atomic E-state index is 11.6. The fraction of sp³-hybridized carbons (Fsp3) is 0.800. The van der Waals surface area contributed by atoms with E-state index < -0.39 is 5.54 Å². The molecular formula is C10H17NO2. The normalized spacial score (nSPS) is 27.6. The van der Waals surface area contributed by atoms with E-state index in [0.717, 1.165) is 32.1 Å². The fourth-order valence-electron chi connectivity index (χ4n) is 2.01. The number of rotatable bonds is 5. The molecular weight excluding hydrogens is 166 g/mol. The lowest BCUT2D eigenvalue weighted by Crippen LogP contribution is -2.48. The number of Topliss-reactive ketones (excluding diaryl/α,β-unsaturated/α-hetero) is 1. The highest BCUT2D eigenvalue weighted by atomic mass is 16.1. The summed E-state index contributed by atoms with van der Waals surface area (Å²) in [6.45, 7) is 2.09. The molecule has 13 heavy (non-hydrogen) atoms. The third kappa shape index (κ3) is 2.08. The van der Waals surface area contributed by atoms with Crippen LogP contribution in [0.25, 0.3) is 0 Å². The van der Waals surface area contributed by atoms with Gasteiger partial charge in [0.05, 0.1) is 5.54 Å². The van der Waals surface area contributed by atoms with Gasteiger partial charge in [-0.05, 0) is 19.3 Å². The van der Waals surface area contributed by atoms with Crippen LogP contribution in [0.15, 0.2) is 0 Å². The number of carbonyl (C=O) groups excluding carboxylic acids is 2. The number of amides is 1. The SMILES string of the molecule is CCCCC1(NC=O)CCCC1=O. The summed E-state index contributed by atoms with van der Waals surface area (Å²) in [4.78, 5) is 22.0. The number of ketones is 1. The van der Waals surface area contributed by atoms with Gasteiger partial charge in [0.15, 0.2) is 5.78 Å². The smallest absolute Gasteiger partial charge is 0.207 e. The maximum Gasteiger partial charge on any atom is 0.207 e. The van der Waals surface area contributed by atoms with E-state index in [-0.39, 0.29) is 5.78 Å². The Morgan fingerprint density at radius 1 is 1.62 bits per heavy atom. The van der Waals surface area contributed by atoms with Crippen molar-refractivity contribution in [3.05, 3.63) is 0 Å². The molecule has 1 amide bonds. The van der Waals surface area contributed by atoms with Crippen LogP contribution in [0.1, 0.15) is 45.4 Å². The molecule has 1 rings (SSSR count). The van der Waals surface area contributed by atoms with Gasteiger partial charge in [-0.2, -0.15) is 0 Å². The van der Waals surface area contributed by atoms with Crippen molar-refractivity contribution in [2.24, 2.45) is 0 Å². The quantitative estimate of drug-likeness (QED) is 0.655. The van der Waals surface area contributed by atoms with Crippen LogP contribution in [0, 0.1) is 0 Å². The van der Waals surface area contributed by atoms with E-state index >= 15 is 0 Å². The minimum Gasteiger partial charge on any atom is -0.346 e. The Labute approximate surface area is 78.9 Å². The molecule has 1 saturated carbocycles. The highest BCUT2D eigenvalue weighted by molar-refractivity contribution is 5.92. The van der Waals surface area contributed by atoms with E-state index in [0.29, 0.717) is 12.8 Å². The zero-order chi connectivity index (χ0) is 9.73. The molecule has 1 unspecified atom stereocenters. The Kier molecular flexibility index (Phi) is 3.46. The molecule has 0 aliphatic heterocycles. The van der Waals surface area contributed by atoms with E-state index in [2.05, 4.69) is 12.2 Å². The molecule has 0 aromatic carbocycles. The zero-order valence-corrected chi connectivity index (χ0v) is 8.14. The first-order valence-electron chi connectivity index (χ1n) is 5.00. The minimum atomic E-state index is -0.502. The van der Waals surface area contributed by atoms with Crippen molar-refractivity contribution >= 4 is 12.2 Å². The minimum absolute atomic E-state index is 0.216. The molecule has 0 saturated heterocycles. The molecule has 74 valence electrons. The topological polar surface area (TPSA) is 46.2 Å². The number of unbranched alkanes of at least 4 members (excludes halogenated alkanes) is 1. The summed E-state index contributed by atoms with van der Waals surface area (Å²) >= 11 is 0. The lowest BCUT2D eigenvalue weighted by Gasteiger charge is -2.26. The molecule has 1 aliphatic carbocycles. The van der Waals surface area contributed by atoms with Crippen LogP contribution in [-0.2, 0) is 9.59 Å². The predicted molar refractivity (Wildman–Crippen MR) is 50.3 cm³/mol. The largest absolute Gasteiger partial charge is 0.346 e. The van der Waals surface area contributed by atoms with E-state index in [1.807, 2.05) is 0 Å². The van der Waals surface area contributed by atoms with E-state index in [1.54, 1.807) is 0 Å². The Balaban J connectivity index is 2.62. The van der Waals surface area contributed by atoms with Crippen molar-refractivity contribution in [1.82, 2.24) is 5.32 Å². The van der Waals surface area contributed by atoms with Gasteiger partial charge in [-0.1, -0.05) is 19.8 Å². The molecule has 0 aromatic rings. The molecule has 1 aliphatic rings. The van der Waals surface area contributed by atoms with Crippen molar-refractivity contribution in [3.63, 3.8) is 0 Å². The van der Waals surface area contributed by atoms with E-state index in [9.17, 15) is 9.59 Å². The molecule has 0 heterocycles. The Hall–Kier alpha value is -0.860. The summed E-state index contributed by atoms with van der Waals surface area (Å²) in [7, 11) is 0. The number of hydrogen-bond donors (Lipinski definition) is 1. The Bertz CT molecular complexity index is 203. The second-order valence-electron chi connectivity index (χ2n) is 3.72. The average molecular weight is 183 g/mol. The molecule has 0 spiro atoms. The predicted octanol–water partition coefficient (Wildman–Crippen LogP) is 1.41. The van der Waals surface area contributed by atoms with Crippen LogP contribution in [0.5, 0.6) is 0 Å². The second kappa shape index (κ2) is 4.40. The van der Waals surface area contributed by atoms with Crippen molar-refractivity contribution in [3.8, 4) is 0 Å². The molecule has 0 aromatic heterocycles. The lowest BCUT2D eigenvalue weighted by molar-refractivity contribution is -0.126. The molecule has 3 nitrogen and oxygen atoms in total. The lowest BCUT2D eigenvalue weighted by atomic mass is 9.90. The fourth-order valence-corrected chi connectivity index (χ4v) is 2.01. The monoisotopic (exact) mass is 183 g/mol. The summed E-state index contributed by atoms with van der Waals surface area (Å²) in [6.07, 6.45) is 5.92. The molecule has 1 N–H and O–H groups in total. The van der Waals surface area contributed by atoms with Gasteiger partial charge in [-0.15, -0.1) is 0 Å². The van der Waals surface area contributed by atoms with Gasteiger partial charge in [0, 0.05) is 6.42 Å². The van der Waals surface area contributed by atoms with E-state index in [4.69, 9.17) is 0 Å². The van der Waals surface area contributed by atoms with Gasteiger partial charge < -0.3 is 5.32 Å². The van der Waals surface area contributed by atoms with Gasteiger partial charge in [0.2, 0.25) is 6.41 Å². The van der Waals surface area contributed by atoms with Gasteiger partial charge in [0.1, 0.15) is 0 Å². The second-order valence-corrected chi connectivity index (χ2v) is 3.72. The molecule has 1 fully saturated rings. The number of carbonyl (C=O) groups is 2. The van der Waals surface area contributed by atoms with E-state index in [1.165, 1.54) is 0 Å². The Morgan fingerprint density at radius 2 is 2.38 bits per heavy atom. The third-order valence-electron chi connectivity index (χ3n) is 2.83. The van der Waals surface area contributed by atoms with Crippen LogP contribution in [0.4, 0.5) is 0 Å². The molecule has 0 radical (unpaired) electrons. The summed E-state index contributed by atoms with van der Waals surface area (Å²) in [5.41, 5.74) is -0.502. The van der Waals surface area contributed by atoms with Crippen molar-refractivity contribution in [2.75, 3.05) is 0 Å². The number of nitrogens with one attached hydrogen (secondary N) is 1. The number of hydrogen-bond acceptors (Lipinski definition) is 2. The van der Waals surface area contributed by atoms with Crippen molar-refractivity contribution < 1.29 is 9.59 Å². The zero-order valence-electron chi connectivity index (χ0n) is 8.14. The molecule has 1 atom stereocenters. The first-order chi connectivity index (χ1) is 6.25. The summed E-state index contributed by atoms with van der Waals surface area (Å²) < 4.78 is 0. The molecule has 3 heteroatoms. The van der Waals surface area contributed by atoms with Crippen molar-refractivity contribution in [2.45, 2.75) is 51.0 Å². The average Bonchev–Trinajstić information content (AvgIpc) is 2.46. The highest BCUT2D eigenvalue weighted by Crippen LogP contribution is 2.30. The van der Waals surface area contributed by atoms with Gasteiger partial charge >= 0.3 is 0 Å². The van der Waals surface area contributed by atoms with Crippen LogP contribution in [0.2, 0.25) is 0 Å². The van der Waals surface area contributed by atoms with Crippen LogP contribution in [-0.4, -0.2) is 17.7 Å². The summed E-state index contributed by atoms with van der Waals surface area (Å²) in [5, 5.41) is 2.71. The summed E-state index contributed by atoms with van der Waals surface area (Å²) in [5.74, 6) is 0.216. The van der Waals surface area contributed by atoms with Crippen LogP contribution < -0.4 is 5.32 Å². The first kappa shape index (κ1) is 10.2. The van der Waals surface area contributed by atoms with Crippen LogP contribution in [0.3, 0.4) is 0 Å². The highest BCUT2D eigenvalue weighted by Gasteiger charge is 2.40. The first-order valence-corrected chi connectivity index (χ1v) is 5.00. The van der Waals surface area contributed by atoms with Crippen molar-refractivity contribution in [1.29, 1.82) is 0 Å². The van der Waals surface area contributed by atoms with Gasteiger partial charge in [-0.25, -0.2) is 0 Å². The standard InChI is InChI=1S/C10H17NO2/c1-2-3-6-10(11-8-12)7-4-5-9(10)13/h8H,2-7H2,1H3,(H,11,12). The van der Waals surface area contributed by atoms with Crippen LogP contribution >= 0.6 is 0 Å². The van der Waals surface area contributed by atoms with Gasteiger partial charge in [0.25, 0.3) is 0 Å². The van der Waals surface area contributed by atoms with Gasteiger partial charge in [-0.3, -0.25) is 9.59 Å². The molecule has 0 bridgehead atoms. The Morgan fingerprint density at radius 3 is 2.85 bits per heavy atom. The summed E-state index contributed by atoms with van der Waals surface area (Å²) in [6, 6.07) is 0. The maximum atomic E-state index is 11.6.